The van der Waals surface area contributed by atoms with Gasteiger partial charge in [0.1, 0.15) is 6.04 Å². The summed E-state index contributed by atoms with van der Waals surface area (Å²) in [5.41, 5.74) is 0.763. The van der Waals surface area contributed by atoms with Crippen LogP contribution in [0, 0.1) is 5.92 Å². The van der Waals surface area contributed by atoms with Crippen molar-refractivity contribution >= 4 is 21.8 Å². The van der Waals surface area contributed by atoms with Crippen molar-refractivity contribution in [2.75, 3.05) is 7.05 Å². The van der Waals surface area contributed by atoms with E-state index in [0.29, 0.717) is 0 Å². The minimum absolute atomic E-state index is 0.0398. The molecule has 0 bridgehead atoms. The van der Waals surface area contributed by atoms with E-state index < -0.39 is 16.1 Å². The lowest BCUT2D eigenvalue weighted by molar-refractivity contribution is -0.129. The van der Waals surface area contributed by atoms with Crippen molar-refractivity contribution in [3.05, 3.63) is 29.8 Å². The zero-order valence-corrected chi connectivity index (χ0v) is 14.5. The number of rotatable bonds is 7. The van der Waals surface area contributed by atoms with Crippen molar-refractivity contribution in [2.24, 2.45) is 5.92 Å². The van der Waals surface area contributed by atoms with E-state index in [-0.39, 0.29) is 29.2 Å². The summed E-state index contributed by atoms with van der Waals surface area (Å²) in [6.07, 6.45) is 0. The maximum absolute atomic E-state index is 12.1. The van der Waals surface area contributed by atoms with E-state index in [1.807, 2.05) is 13.8 Å². The van der Waals surface area contributed by atoms with Gasteiger partial charge >= 0.3 is 0 Å². The minimum atomic E-state index is -3.47. The van der Waals surface area contributed by atoms with E-state index in [1.165, 1.54) is 26.1 Å². The third-order valence-corrected chi connectivity index (χ3v) is 4.71. The molecule has 3 N–H and O–H groups in total. The summed E-state index contributed by atoms with van der Waals surface area (Å²) < 4.78 is 25.5. The number of carbonyl (C=O) groups excluding carboxylic acids is 2. The van der Waals surface area contributed by atoms with Gasteiger partial charge in [-0.2, -0.15) is 0 Å². The van der Waals surface area contributed by atoms with Crippen LogP contribution in [0.3, 0.4) is 0 Å². The van der Waals surface area contributed by atoms with Crippen LogP contribution < -0.4 is 15.4 Å². The van der Waals surface area contributed by atoms with Crippen molar-refractivity contribution in [3.8, 4) is 0 Å². The van der Waals surface area contributed by atoms with Crippen LogP contribution in [0.15, 0.2) is 29.2 Å². The van der Waals surface area contributed by atoms with Gasteiger partial charge in [0.2, 0.25) is 21.8 Å². The predicted molar refractivity (Wildman–Crippen MR) is 87.0 cm³/mol. The highest BCUT2D eigenvalue weighted by Crippen LogP contribution is 2.10. The first-order chi connectivity index (χ1) is 10.7. The lowest BCUT2D eigenvalue weighted by atomic mass is 10.0. The van der Waals surface area contributed by atoms with Gasteiger partial charge in [0.05, 0.1) is 4.90 Å². The van der Waals surface area contributed by atoms with Crippen LogP contribution in [0.2, 0.25) is 0 Å². The van der Waals surface area contributed by atoms with Gasteiger partial charge in [-0.15, -0.1) is 0 Å². The molecule has 0 heterocycles. The van der Waals surface area contributed by atoms with Gasteiger partial charge < -0.3 is 10.6 Å². The van der Waals surface area contributed by atoms with Crippen LogP contribution in [-0.4, -0.2) is 33.3 Å². The first-order valence-electron chi connectivity index (χ1n) is 7.24. The highest BCUT2D eigenvalue weighted by Gasteiger charge is 2.22. The fraction of sp³-hybridized carbons (Fsp3) is 0.467. The summed E-state index contributed by atoms with van der Waals surface area (Å²) in [6, 6.07) is 5.61. The Balaban J connectivity index is 2.70. The van der Waals surface area contributed by atoms with Crippen LogP contribution in [0.5, 0.6) is 0 Å². The quantitative estimate of drug-likeness (QED) is 0.666. The fourth-order valence-electron chi connectivity index (χ4n) is 1.96. The number of nitrogens with one attached hydrogen (secondary N) is 3. The maximum atomic E-state index is 12.1. The molecule has 7 nitrogen and oxygen atoms in total. The largest absolute Gasteiger partial charge is 0.350 e. The molecular formula is C15H23N3O4S. The van der Waals surface area contributed by atoms with Crippen molar-refractivity contribution in [2.45, 2.75) is 38.3 Å². The highest BCUT2D eigenvalue weighted by molar-refractivity contribution is 7.89. The maximum Gasteiger partial charge on any atom is 0.243 e. The number of amides is 2. The van der Waals surface area contributed by atoms with Crippen LogP contribution >= 0.6 is 0 Å². The van der Waals surface area contributed by atoms with Crippen LogP contribution in [0.1, 0.15) is 26.3 Å². The van der Waals surface area contributed by atoms with Gasteiger partial charge in [-0.3, -0.25) is 9.59 Å². The second kappa shape index (κ2) is 8.07. The van der Waals surface area contributed by atoms with E-state index in [0.717, 1.165) is 5.56 Å². The fourth-order valence-corrected chi connectivity index (χ4v) is 2.69. The number of hydrogen-bond donors (Lipinski definition) is 3. The van der Waals surface area contributed by atoms with Crippen LogP contribution in [-0.2, 0) is 26.2 Å². The van der Waals surface area contributed by atoms with E-state index in [1.54, 1.807) is 12.1 Å². The molecule has 1 aromatic rings. The molecule has 128 valence electrons. The molecule has 0 aliphatic carbocycles. The van der Waals surface area contributed by atoms with Crippen molar-refractivity contribution < 1.29 is 18.0 Å². The third-order valence-electron chi connectivity index (χ3n) is 3.28. The summed E-state index contributed by atoms with van der Waals surface area (Å²) in [6.45, 7) is 5.31. The normalized spacial score (nSPS) is 12.7. The molecule has 0 saturated heterocycles. The Morgan fingerprint density at radius 3 is 2.13 bits per heavy atom. The lowest BCUT2D eigenvalue weighted by Gasteiger charge is -2.21. The SMILES string of the molecule is CNS(=O)(=O)c1ccc(CNC(=O)[C@H](NC(C)=O)C(C)C)cc1. The smallest absolute Gasteiger partial charge is 0.243 e. The van der Waals surface area contributed by atoms with Gasteiger partial charge in [0.25, 0.3) is 0 Å². The summed E-state index contributed by atoms with van der Waals surface area (Å²) in [5.74, 6) is -0.579. The third kappa shape index (κ3) is 5.65. The molecule has 0 aliphatic rings. The first-order valence-corrected chi connectivity index (χ1v) is 8.73. The molecule has 8 heteroatoms. The van der Waals surface area contributed by atoms with Gasteiger partial charge in [-0.05, 0) is 30.7 Å². The molecule has 2 amide bonds. The molecule has 0 fully saturated rings. The summed E-state index contributed by atoms with van der Waals surface area (Å²) in [5, 5.41) is 5.35. The van der Waals surface area contributed by atoms with E-state index in [9.17, 15) is 18.0 Å². The number of benzene rings is 1. The minimum Gasteiger partial charge on any atom is -0.350 e. The Hall–Kier alpha value is -1.93. The molecule has 23 heavy (non-hydrogen) atoms. The number of carbonyl (C=O) groups is 2. The predicted octanol–water partition coefficient (Wildman–Crippen LogP) is 0.372. The van der Waals surface area contributed by atoms with E-state index >= 15 is 0 Å². The van der Waals surface area contributed by atoms with Crippen LogP contribution in [0.4, 0.5) is 0 Å². The molecule has 0 unspecified atom stereocenters. The van der Waals surface area contributed by atoms with Crippen molar-refractivity contribution in [1.82, 2.24) is 15.4 Å². The average molecular weight is 341 g/mol. The Kier molecular flexibility index (Phi) is 6.71. The zero-order chi connectivity index (χ0) is 17.6. The standard InChI is InChI=1S/C15H23N3O4S/c1-10(2)14(18-11(3)19)15(20)17-9-12-5-7-13(8-6-12)23(21,22)16-4/h5-8,10,14,16H,9H2,1-4H3,(H,17,20)(H,18,19)/t14-/m1/s1. The lowest BCUT2D eigenvalue weighted by Crippen LogP contribution is -2.48. The Morgan fingerprint density at radius 1 is 1.13 bits per heavy atom. The van der Waals surface area contributed by atoms with E-state index in [4.69, 9.17) is 0 Å². The monoisotopic (exact) mass is 341 g/mol. The molecule has 0 radical (unpaired) electrons. The summed E-state index contributed by atoms with van der Waals surface area (Å²) >= 11 is 0. The van der Waals surface area contributed by atoms with Gasteiger partial charge in [0, 0.05) is 13.5 Å². The molecule has 1 atom stereocenters. The molecule has 0 aliphatic heterocycles. The Bertz CT molecular complexity index is 654. The molecule has 1 aromatic carbocycles. The van der Waals surface area contributed by atoms with Gasteiger partial charge in [-0.25, -0.2) is 13.1 Å². The number of hydrogen-bond acceptors (Lipinski definition) is 4. The molecule has 0 saturated carbocycles. The van der Waals surface area contributed by atoms with Gasteiger partial charge in [0.15, 0.2) is 0 Å². The van der Waals surface area contributed by atoms with E-state index in [2.05, 4.69) is 15.4 Å². The van der Waals surface area contributed by atoms with Gasteiger partial charge in [-0.1, -0.05) is 26.0 Å². The molecule has 1 rings (SSSR count). The highest BCUT2D eigenvalue weighted by atomic mass is 32.2. The Labute approximate surface area is 136 Å². The molecular weight excluding hydrogens is 318 g/mol. The molecule has 0 aromatic heterocycles. The summed E-state index contributed by atoms with van der Waals surface area (Å²) in [7, 11) is -2.12. The second-order valence-corrected chi connectivity index (χ2v) is 7.38. The Morgan fingerprint density at radius 2 is 1.70 bits per heavy atom. The number of sulfonamides is 1. The van der Waals surface area contributed by atoms with Crippen molar-refractivity contribution in [1.29, 1.82) is 0 Å². The zero-order valence-electron chi connectivity index (χ0n) is 13.7. The average Bonchev–Trinajstić information content (AvgIpc) is 2.50. The van der Waals surface area contributed by atoms with Crippen molar-refractivity contribution in [3.63, 3.8) is 0 Å². The summed E-state index contributed by atoms with van der Waals surface area (Å²) in [4.78, 5) is 23.4. The topological polar surface area (TPSA) is 104 Å². The first kappa shape index (κ1) is 19.1. The van der Waals surface area contributed by atoms with Crippen LogP contribution in [0.25, 0.3) is 0 Å². The second-order valence-electron chi connectivity index (χ2n) is 5.49. The molecule has 0 spiro atoms.